The first kappa shape index (κ1) is 24.3. The molecule has 0 heterocycles. The van der Waals surface area contributed by atoms with Gasteiger partial charge in [-0.3, -0.25) is 9.59 Å². The third-order valence-corrected chi connectivity index (χ3v) is 4.89. The number of nitrogens with zero attached hydrogens (tertiary/aromatic N) is 1. The van der Waals surface area contributed by atoms with Crippen LogP contribution in [0.2, 0.25) is 0 Å². The molecule has 1 atom stereocenters. The van der Waals surface area contributed by atoms with Crippen molar-refractivity contribution in [1.82, 2.24) is 10.2 Å². The number of carbonyl (C=O) groups excluding carboxylic acids is 2. The standard InChI is InChI=1S/C25H34N2O4/c1-7-23(25(29)26-17(2)3)27(15-20-8-10-21(30-6)11-9-20)24(28)16-31-22-13-18(4)12-19(5)14-22/h8-14,17,23H,7,15-16H2,1-6H3,(H,26,29)/t23-/m1/s1. The van der Waals surface area contributed by atoms with Crippen molar-refractivity contribution in [3.05, 3.63) is 59.2 Å². The fourth-order valence-electron chi connectivity index (χ4n) is 3.47. The third-order valence-electron chi connectivity index (χ3n) is 4.89. The number of benzene rings is 2. The molecule has 2 aromatic rings. The second-order valence-electron chi connectivity index (χ2n) is 8.07. The summed E-state index contributed by atoms with van der Waals surface area (Å²) in [5.41, 5.74) is 3.05. The normalized spacial score (nSPS) is 11.7. The van der Waals surface area contributed by atoms with Crippen molar-refractivity contribution in [2.45, 2.75) is 59.7 Å². The van der Waals surface area contributed by atoms with Gasteiger partial charge in [0.05, 0.1) is 7.11 Å². The van der Waals surface area contributed by atoms with E-state index in [1.165, 1.54) is 0 Å². The molecule has 2 aromatic carbocycles. The molecule has 0 bridgehead atoms. The molecule has 0 fully saturated rings. The Morgan fingerprint density at radius 1 is 1.00 bits per heavy atom. The van der Waals surface area contributed by atoms with Gasteiger partial charge in [-0.2, -0.15) is 0 Å². The zero-order chi connectivity index (χ0) is 23.0. The number of carbonyl (C=O) groups is 2. The van der Waals surface area contributed by atoms with Crippen molar-refractivity contribution in [2.24, 2.45) is 0 Å². The quantitative estimate of drug-likeness (QED) is 0.623. The van der Waals surface area contributed by atoms with Gasteiger partial charge in [-0.15, -0.1) is 0 Å². The van der Waals surface area contributed by atoms with Crippen LogP contribution in [-0.4, -0.2) is 42.5 Å². The van der Waals surface area contributed by atoms with E-state index in [1.807, 2.05) is 77.1 Å². The summed E-state index contributed by atoms with van der Waals surface area (Å²) in [5, 5.41) is 2.93. The number of hydrogen-bond donors (Lipinski definition) is 1. The molecule has 0 spiro atoms. The number of methoxy groups -OCH3 is 1. The Labute approximate surface area is 185 Å². The van der Waals surface area contributed by atoms with Crippen LogP contribution in [0.3, 0.4) is 0 Å². The lowest BCUT2D eigenvalue weighted by molar-refractivity contribution is -0.143. The van der Waals surface area contributed by atoms with E-state index < -0.39 is 6.04 Å². The van der Waals surface area contributed by atoms with Gasteiger partial charge in [0.15, 0.2) is 6.61 Å². The van der Waals surface area contributed by atoms with Crippen LogP contribution in [0.15, 0.2) is 42.5 Å². The zero-order valence-electron chi connectivity index (χ0n) is 19.4. The molecular weight excluding hydrogens is 392 g/mol. The second kappa shape index (κ2) is 11.4. The number of aryl methyl sites for hydroxylation is 2. The SMILES string of the molecule is CC[C@H](C(=O)NC(C)C)N(Cc1ccc(OC)cc1)C(=O)COc1cc(C)cc(C)c1. The van der Waals surface area contributed by atoms with Gasteiger partial charge in [0.25, 0.3) is 5.91 Å². The van der Waals surface area contributed by atoms with Crippen molar-refractivity contribution in [3.8, 4) is 11.5 Å². The average molecular weight is 427 g/mol. The lowest BCUT2D eigenvalue weighted by atomic mass is 10.1. The lowest BCUT2D eigenvalue weighted by Gasteiger charge is -2.31. The number of rotatable bonds is 10. The summed E-state index contributed by atoms with van der Waals surface area (Å²) in [4.78, 5) is 27.6. The van der Waals surface area contributed by atoms with Gasteiger partial charge in [0.2, 0.25) is 5.91 Å². The first-order valence-electron chi connectivity index (χ1n) is 10.7. The van der Waals surface area contributed by atoms with E-state index in [9.17, 15) is 9.59 Å². The molecule has 31 heavy (non-hydrogen) atoms. The molecule has 1 N–H and O–H groups in total. The van der Waals surface area contributed by atoms with Gasteiger partial charge in [-0.25, -0.2) is 0 Å². The highest BCUT2D eigenvalue weighted by atomic mass is 16.5. The molecule has 6 nitrogen and oxygen atoms in total. The Morgan fingerprint density at radius 2 is 1.61 bits per heavy atom. The molecule has 0 radical (unpaired) electrons. The van der Waals surface area contributed by atoms with Gasteiger partial charge in [-0.1, -0.05) is 25.1 Å². The summed E-state index contributed by atoms with van der Waals surface area (Å²) in [6.45, 7) is 9.87. The van der Waals surface area contributed by atoms with Crippen molar-refractivity contribution in [1.29, 1.82) is 0 Å². The first-order valence-corrected chi connectivity index (χ1v) is 10.7. The average Bonchev–Trinajstić information content (AvgIpc) is 2.71. The van der Waals surface area contributed by atoms with Crippen molar-refractivity contribution in [2.75, 3.05) is 13.7 Å². The predicted octanol–water partition coefficient (Wildman–Crippen LogP) is 4.02. The largest absolute Gasteiger partial charge is 0.497 e. The van der Waals surface area contributed by atoms with Gasteiger partial charge in [-0.05, 0) is 75.1 Å². The maximum Gasteiger partial charge on any atom is 0.261 e. The molecular formula is C25H34N2O4. The van der Waals surface area contributed by atoms with Gasteiger partial charge in [0.1, 0.15) is 17.5 Å². The molecule has 0 saturated carbocycles. The summed E-state index contributed by atoms with van der Waals surface area (Å²) >= 11 is 0. The Kier molecular flexibility index (Phi) is 8.91. The van der Waals surface area contributed by atoms with Crippen LogP contribution in [-0.2, 0) is 16.1 Å². The molecule has 0 aromatic heterocycles. The van der Waals surface area contributed by atoms with Crippen LogP contribution >= 0.6 is 0 Å². The number of amides is 2. The van der Waals surface area contributed by atoms with Gasteiger partial charge >= 0.3 is 0 Å². The Hall–Kier alpha value is -3.02. The molecule has 0 aliphatic heterocycles. The molecule has 6 heteroatoms. The minimum Gasteiger partial charge on any atom is -0.497 e. The Balaban J connectivity index is 2.23. The molecule has 2 rings (SSSR count). The topological polar surface area (TPSA) is 67.9 Å². The molecule has 0 unspecified atom stereocenters. The minimum atomic E-state index is -0.583. The van der Waals surface area contributed by atoms with Crippen LogP contribution in [0.4, 0.5) is 0 Å². The maximum atomic E-state index is 13.2. The van der Waals surface area contributed by atoms with E-state index in [4.69, 9.17) is 9.47 Å². The molecule has 0 saturated heterocycles. The lowest BCUT2D eigenvalue weighted by Crippen LogP contribution is -2.51. The highest BCUT2D eigenvalue weighted by Crippen LogP contribution is 2.19. The summed E-state index contributed by atoms with van der Waals surface area (Å²) in [6, 6.07) is 12.7. The summed E-state index contributed by atoms with van der Waals surface area (Å²) in [5.74, 6) is 0.991. The number of ether oxygens (including phenoxy) is 2. The Bertz CT molecular complexity index is 857. The van der Waals surface area contributed by atoms with E-state index in [2.05, 4.69) is 5.32 Å². The van der Waals surface area contributed by atoms with Crippen molar-refractivity contribution in [3.63, 3.8) is 0 Å². The van der Waals surface area contributed by atoms with Crippen LogP contribution in [0.25, 0.3) is 0 Å². The van der Waals surface area contributed by atoms with Crippen LogP contribution in [0, 0.1) is 13.8 Å². The second-order valence-corrected chi connectivity index (χ2v) is 8.07. The summed E-state index contributed by atoms with van der Waals surface area (Å²) in [6.07, 6.45) is 0.504. The summed E-state index contributed by atoms with van der Waals surface area (Å²) in [7, 11) is 1.61. The smallest absolute Gasteiger partial charge is 0.261 e. The highest BCUT2D eigenvalue weighted by molar-refractivity contribution is 5.88. The molecule has 0 aliphatic rings. The van der Waals surface area contributed by atoms with E-state index >= 15 is 0 Å². The van der Waals surface area contributed by atoms with Crippen molar-refractivity contribution < 1.29 is 19.1 Å². The van der Waals surface area contributed by atoms with E-state index in [1.54, 1.807) is 12.0 Å². The number of nitrogens with one attached hydrogen (secondary N) is 1. The predicted molar refractivity (Wildman–Crippen MR) is 122 cm³/mol. The third kappa shape index (κ3) is 7.31. The van der Waals surface area contributed by atoms with Crippen LogP contribution in [0.1, 0.15) is 43.9 Å². The van der Waals surface area contributed by atoms with E-state index in [0.29, 0.717) is 18.7 Å². The highest BCUT2D eigenvalue weighted by Gasteiger charge is 2.29. The van der Waals surface area contributed by atoms with Crippen LogP contribution < -0.4 is 14.8 Å². The molecule has 2 amide bonds. The van der Waals surface area contributed by atoms with Gasteiger partial charge in [0, 0.05) is 12.6 Å². The maximum absolute atomic E-state index is 13.2. The fraction of sp³-hybridized carbons (Fsp3) is 0.440. The van der Waals surface area contributed by atoms with Gasteiger partial charge < -0.3 is 19.7 Å². The fourth-order valence-corrected chi connectivity index (χ4v) is 3.47. The molecule has 0 aliphatic carbocycles. The minimum absolute atomic E-state index is 0.00833. The van der Waals surface area contributed by atoms with E-state index in [-0.39, 0.29) is 24.5 Å². The van der Waals surface area contributed by atoms with Crippen LogP contribution in [0.5, 0.6) is 11.5 Å². The Morgan fingerprint density at radius 3 is 2.13 bits per heavy atom. The first-order chi connectivity index (χ1) is 14.7. The van der Waals surface area contributed by atoms with E-state index in [0.717, 1.165) is 22.4 Å². The molecule has 168 valence electrons. The van der Waals surface area contributed by atoms with Crippen molar-refractivity contribution >= 4 is 11.8 Å². The monoisotopic (exact) mass is 426 g/mol. The zero-order valence-corrected chi connectivity index (χ0v) is 19.4. The number of hydrogen-bond acceptors (Lipinski definition) is 4. The summed E-state index contributed by atoms with van der Waals surface area (Å²) < 4.78 is 11.0.